The van der Waals surface area contributed by atoms with Crippen LogP contribution in [0.2, 0.25) is 0 Å². The van der Waals surface area contributed by atoms with Gasteiger partial charge in [-0.2, -0.15) is 10.1 Å². The number of H-pyrrole nitrogens is 1. The molecule has 4 heterocycles. The topological polar surface area (TPSA) is 139 Å². The van der Waals surface area contributed by atoms with Crippen LogP contribution in [0.4, 0.5) is 10.2 Å². The van der Waals surface area contributed by atoms with Crippen LogP contribution in [0.3, 0.4) is 0 Å². The fourth-order valence-electron chi connectivity index (χ4n) is 4.05. The number of carbonyl (C=O) groups excluding carboxylic acids is 1. The highest BCUT2D eigenvalue weighted by Crippen LogP contribution is 2.35. The van der Waals surface area contributed by atoms with Gasteiger partial charge >= 0.3 is 11.8 Å². The molecule has 0 radical (unpaired) electrons. The number of fused-ring (bicyclic) bond motifs is 1. The van der Waals surface area contributed by atoms with Crippen LogP contribution in [0.5, 0.6) is 0 Å². The Bertz CT molecular complexity index is 1350. The van der Waals surface area contributed by atoms with Crippen LogP contribution < -0.4 is 16.0 Å². The van der Waals surface area contributed by atoms with Crippen molar-refractivity contribution in [1.29, 1.82) is 0 Å². The van der Waals surface area contributed by atoms with Gasteiger partial charge in [0, 0.05) is 43.4 Å². The molecule has 5 rings (SSSR count). The van der Waals surface area contributed by atoms with Gasteiger partial charge in [0.2, 0.25) is 0 Å². The summed E-state index contributed by atoms with van der Waals surface area (Å²) in [4.78, 5) is 22.8. The molecule has 10 nitrogen and oxygen atoms in total. The fourth-order valence-corrected chi connectivity index (χ4v) is 4.05. The Labute approximate surface area is 194 Å². The Hall–Kier alpha value is -3.86. The number of benzene rings is 1. The lowest BCUT2D eigenvalue weighted by atomic mass is 10.0. The van der Waals surface area contributed by atoms with E-state index < -0.39 is 11.7 Å². The van der Waals surface area contributed by atoms with Crippen LogP contribution in [0.25, 0.3) is 22.2 Å². The number of aromatic nitrogens is 5. The molecular weight excluding hydrogens is 439 g/mol. The first-order chi connectivity index (χ1) is 16.4. The molecule has 0 unspecified atom stereocenters. The molecule has 1 aliphatic rings. The minimum Gasteiger partial charge on any atom is -0.353 e. The average Bonchev–Trinajstić information content (AvgIpc) is 3.57. The monoisotopic (exact) mass is 464 g/mol. The number of pyridine rings is 1. The molecule has 4 aromatic rings. The third kappa shape index (κ3) is 4.10. The zero-order valence-electron chi connectivity index (χ0n) is 18.9. The number of nitrogens with zero attached hydrogens (tertiary/aromatic N) is 5. The van der Waals surface area contributed by atoms with Gasteiger partial charge < -0.3 is 20.5 Å². The molecule has 4 N–H and O–H groups in total. The maximum atomic E-state index is 15.0. The van der Waals surface area contributed by atoms with Crippen LogP contribution in [0.15, 0.2) is 35.0 Å². The lowest BCUT2D eigenvalue weighted by molar-refractivity contribution is 0.0906. The number of nitrogens with two attached hydrogens (primary N) is 1. The Kier molecular flexibility index (Phi) is 5.70. The number of aromatic amines is 1. The lowest BCUT2D eigenvalue weighted by Gasteiger charge is -2.16. The predicted octanol–water partition coefficient (Wildman–Crippen LogP) is 2.74. The number of hydrogen-bond donors (Lipinski definition) is 3. The molecule has 0 aliphatic carbocycles. The number of anilines is 1. The van der Waals surface area contributed by atoms with Gasteiger partial charge in [-0.1, -0.05) is 31.1 Å². The van der Waals surface area contributed by atoms with Crippen molar-refractivity contribution in [2.75, 3.05) is 18.0 Å². The van der Waals surface area contributed by atoms with Gasteiger partial charge in [-0.05, 0) is 29.7 Å². The van der Waals surface area contributed by atoms with Crippen LogP contribution in [-0.4, -0.2) is 50.4 Å². The highest BCUT2D eigenvalue weighted by atomic mass is 19.1. The van der Waals surface area contributed by atoms with E-state index in [2.05, 4.69) is 35.5 Å². The average molecular weight is 465 g/mol. The van der Waals surface area contributed by atoms with Crippen molar-refractivity contribution in [1.82, 2.24) is 30.6 Å². The Balaban J connectivity index is 1.37. The fraction of sp³-hybridized carbons (Fsp3) is 0.348. The number of carbonyl (C=O) groups is 1. The van der Waals surface area contributed by atoms with Crippen LogP contribution in [-0.2, 0) is 6.54 Å². The van der Waals surface area contributed by atoms with E-state index in [4.69, 9.17) is 10.3 Å². The Morgan fingerprint density at radius 3 is 2.94 bits per heavy atom. The lowest BCUT2D eigenvalue weighted by Crippen LogP contribution is -2.26. The molecule has 1 aromatic carbocycles. The third-order valence-electron chi connectivity index (χ3n) is 5.92. The van der Waals surface area contributed by atoms with Gasteiger partial charge in [0.1, 0.15) is 5.82 Å². The molecule has 176 valence electrons. The highest BCUT2D eigenvalue weighted by Gasteiger charge is 2.25. The van der Waals surface area contributed by atoms with Gasteiger partial charge in [0.15, 0.2) is 17.3 Å². The normalized spacial score (nSPS) is 16.0. The summed E-state index contributed by atoms with van der Waals surface area (Å²) in [5, 5.41) is 14.6. The molecule has 0 bridgehead atoms. The van der Waals surface area contributed by atoms with Gasteiger partial charge in [-0.25, -0.2) is 9.37 Å². The zero-order chi connectivity index (χ0) is 23.8. The first-order valence-electron chi connectivity index (χ1n) is 11.1. The summed E-state index contributed by atoms with van der Waals surface area (Å²) in [6, 6.07) is 6.86. The molecule has 1 fully saturated rings. The maximum absolute atomic E-state index is 15.0. The third-order valence-corrected chi connectivity index (χ3v) is 5.92. The molecule has 11 heteroatoms. The molecule has 1 aliphatic heterocycles. The summed E-state index contributed by atoms with van der Waals surface area (Å²) in [5.41, 5.74) is 8.54. The van der Waals surface area contributed by atoms with Crippen molar-refractivity contribution in [2.45, 2.75) is 38.8 Å². The van der Waals surface area contributed by atoms with E-state index in [1.807, 2.05) is 26.0 Å². The van der Waals surface area contributed by atoms with E-state index in [1.54, 1.807) is 12.3 Å². The second kappa shape index (κ2) is 8.82. The summed E-state index contributed by atoms with van der Waals surface area (Å²) >= 11 is 0. The van der Waals surface area contributed by atoms with Crippen LogP contribution in [0, 0.1) is 5.82 Å². The van der Waals surface area contributed by atoms with E-state index in [1.165, 1.54) is 6.07 Å². The van der Waals surface area contributed by atoms with Crippen molar-refractivity contribution in [3.05, 3.63) is 53.6 Å². The van der Waals surface area contributed by atoms with Crippen molar-refractivity contribution in [2.24, 2.45) is 5.73 Å². The number of amides is 1. The Morgan fingerprint density at radius 1 is 1.38 bits per heavy atom. The number of halogens is 1. The van der Waals surface area contributed by atoms with Gasteiger partial charge in [0.25, 0.3) is 0 Å². The first kappa shape index (κ1) is 22.0. The van der Waals surface area contributed by atoms with Crippen molar-refractivity contribution in [3.63, 3.8) is 0 Å². The smallest absolute Gasteiger partial charge is 0.315 e. The first-order valence-corrected chi connectivity index (χ1v) is 11.1. The van der Waals surface area contributed by atoms with E-state index in [0.29, 0.717) is 29.1 Å². The van der Waals surface area contributed by atoms with Gasteiger partial charge in [0.05, 0.1) is 5.39 Å². The number of nitrogens with one attached hydrogen (secondary N) is 2. The van der Waals surface area contributed by atoms with Crippen molar-refractivity contribution >= 4 is 22.8 Å². The molecule has 0 spiro atoms. The standard InChI is InChI=1S/C23H25FN8O2/c1-12(2)19-28-23(34-31-19)22(33)27-10-14-4-3-13(9-17(14)24)16-5-7-26-20-18(16)21(30-29-20)32-8-6-15(25)11-32/h3-5,7,9,12,15H,6,8,10-11,25H2,1-2H3,(H,27,33)(H,26,29,30)/t15-/m1/s1. The maximum Gasteiger partial charge on any atom is 0.315 e. The van der Waals surface area contributed by atoms with Crippen LogP contribution >= 0.6 is 0 Å². The van der Waals surface area contributed by atoms with E-state index in [-0.39, 0.29) is 24.4 Å². The van der Waals surface area contributed by atoms with E-state index in [9.17, 15) is 4.79 Å². The van der Waals surface area contributed by atoms with Gasteiger partial charge in [-0.3, -0.25) is 9.89 Å². The minimum atomic E-state index is -0.550. The SMILES string of the molecule is CC(C)c1noc(C(=O)NCc2ccc(-c3ccnc4[nH]nc(N5CC[C@@H](N)C5)c34)cc2F)n1. The van der Waals surface area contributed by atoms with Gasteiger partial charge in [-0.15, -0.1) is 0 Å². The second-order valence-electron chi connectivity index (χ2n) is 8.73. The molecule has 1 amide bonds. The number of rotatable bonds is 6. The van der Waals surface area contributed by atoms with Crippen molar-refractivity contribution in [3.8, 4) is 11.1 Å². The summed E-state index contributed by atoms with van der Waals surface area (Å²) in [6.45, 7) is 5.29. The second-order valence-corrected chi connectivity index (χ2v) is 8.73. The summed E-state index contributed by atoms with van der Waals surface area (Å²) in [6.07, 6.45) is 2.55. The molecule has 3 aromatic heterocycles. The Morgan fingerprint density at radius 2 is 2.24 bits per heavy atom. The largest absolute Gasteiger partial charge is 0.353 e. The zero-order valence-corrected chi connectivity index (χ0v) is 18.9. The highest BCUT2D eigenvalue weighted by molar-refractivity contribution is 6.00. The molecule has 34 heavy (non-hydrogen) atoms. The van der Waals surface area contributed by atoms with E-state index in [0.717, 1.165) is 29.7 Å². The quantitative estimate of drug-likeness (QED) is 0.396. The summed E-state index contributed by atoms with van der Waals surface area (Å²) in [5.74, 6) is 0.110. The minimum absolute atomic E-state index is 0.0152. The van der Waals surface area contributed by atoms with E-state index >= 15 is 4.39 Å². The predicted molar refractivity (Wildman–Crippen MR) is 124 cm³/mol. The molecular formula is C23H25FN8O2. The summed E-state index contributed by atoms with van der Waals surface area (Å²) in [7, 11) is 0. The molecule has 0 saturated carbocycles. The summed E-state index contributed by atoms with van der Waals surface area (Å²) < 4.78 is 20.0. The molecule has 1 saturated heterocycles. The van der Waals surface area contributed by atoms with Crippen LogP contribution in [0.1, 0.15) is 48.3 Å². The number of hydrogen-bond acceptors (Lipinski definition) is 8. The molecule has 1 atom stereocenters. The van der Waals surface area contributed by atoms with Crippen molar-refractivity contribution < 1.29 is 13.7 Å².